The van der Waals surface area contributed by atoms with Gasteiger partial charge in [0.05, 0.1) is 0 Å². The molecule has 7 nitrogen and oxygen atoms in total. The Bertz CT molecular complexity index is 645. The van der Waals surface area contributed by atoms with Crippen LogP contribution in [0.4, 0.5) is 0 Å². The normalized spacial score (nSPS) is 15.1. The third kappa shape index (κ3) is 5.01. The van der Waals surface area contributed by atoms with E-state index in [1.165, 1.54) is 0 Å². The molecule has 3 amide bonds. The largest absolute Gasteiger partial charge is 0.372 e. The van der Waals surface area contributed by atoms with Crippen molar-refractivity contribution in [2.75, 3.05) is 26.3 Å². The molecule has 2 rings (SSSR count). The lowest BCUT2D eigenvalue weighted by atomic mass is 9.95. The molecular weight excluding hydrogens is 346 g/mol. The summed E-state index contributed by atoms with van der Waals surface area (Å²) in [4.78, 5) is 38.2. The van der Waals surface area contributed by atoms with Crippen LogP contribution in [-0.2, 0) is 14.3 Å². The van der Waals surface area contributed by atoms with E-state index < -0.39 is 11.8 Å². The van der Waals surface area contributed by atoms with Gasteiger partial charge in [0.25, 0.3) is 11.8 Å². The summed E-state index contributed by atoms with van der Waals surface area (Å²) in [6.45, 7) is 2.76. The molecule has 1 aromatic rings. The van der Waals surface area contributed by atoms with Crippen LogP contribution in [0.1, 0.15) is 30.1 Å². The van der Waals surface area contributed by atoms with Gasteiger partial charge in [-0.15, -0.1) is 0 Å². The first-order valence-corrected chi connectivity index (χ1v) is 8.56. The first-order chi connectivity index (χ1) is 11.9. The molecule has 0 saturated carbocycles. The van der Waals surface area contributed by atoms with E-state index in [0.717, 1.165) is 0 Å². The number of carbonyl (C=O) groups excluding carboxylic acids is 3. The number of hydrogen-bond acceptors (Lipinski definition) is 5. The SMILES string of the molecule is CCOCC(=O)N(N)C(=O)C1CCN(C(=O)c2cccc(Cl)c2)CC1. The molecule has 0 aromatic heterocycles. The summed E-state index contributed by atoms with van der Waals surface area (Å²) in [5.41, 5.74) is 0.518. The lowest BCUT2D eigenvalue weighted by Gasteiger charge is -2.32. The highest BCUT2D eigenvalue weighted by Gasteiger charge is 2.31. The van der Waals surface area contributed by atoms with Crippen LogP contribution in [0.25, 0.3) is 0 Å². The number of nitrogens with two attached hydrogens (primary N) is 1. The van der Waals surface area contributed by atoms with Crippen molar-refractivity contribution < 1.29 is 19.1 Å². The standard InChI is InChI=1S/C17H22ClN3O4/c1-2-25-11-15(22)21(19)17(24)12-6-8-20(9-7-12)16(23)13-4-3-5-14(18)10-13/h3-5,10,12H,2,6-9,11,19H2,1H3. The summed E-state index contributed by atoms with van der Waals surface area (Å²) in [5.74, 6) is 4.10. The molecule has 25 heavy (non-hydrogen) atoms. The zero-order chi connectivity index (χ0) is 18.4. The minimum absolute atomic E-state index is 0.120. The van der Waals surface area contributed by atoms with Crippen molar-refractivity contribution in [1.29, 1.82) is 0 Å². The summed E-state index contributed by atoms with van der Waals surface area (Å²) >= 11 is 5.92. The van der Waals surface area contributed by atoms with Crippen LogP contribution in [-0.4, -0.2) is 53.9 Å². The zero-order valence-corrected chi connectivity index (χ0v) is 14.9. The van der Waals surface area contributed by atoms with Gasteiger partial charge < -0.3 is 9.64 Å². The quantitative estimate of drug-likeness (QED) is 0.483. The number of carbonyl (C=O) groups is 3. The number of halogens is 1. The van der Waals surface area contributed by atoms with Crippen molar-refractivity contribution in [3.63, 3.8) is 0 Å². The molecule has 8 heteroatoms. The number of likely N-dealkylation sites (tertiary alicyclic amines) is 1. The van der Waals surface area contributed by atoms with E-state index in [2.05, 4.69) is 0 Å². The molecule has 2 N–H and O–H groups in total. The number of hydrogen-bond donors (Lipinski definition) is 1. The van der Waals surface area contributed by atoms with Crippen molar-refractivity contribution >= 4 is 29.3 Å². The molecule has 0 radical (unpaired) electrons. The molecule has 1 aliphatic heterocycles. The Kier molecular flexibility index (Phi) is 6.92. The van der Waals surface area contributed by atoms with Crippen molar-refractivity contribution in [2.45, 2.75) is 19.8 Å². The van der Waals surface area contributed by atoms with E-state index in [0.29, 0.717) is 48.1 Å². The summed E-state index contributed by atoms with van der Waals surface area (Å²) in [6, 6.07) is 6.76. The van der Waals surface area contributed by atoms with Crippen molar-refractivity contribution in [3.8, 4) is 0 Å². The molecule has 136 valence electrons. The van der Waals surface area contributed by atoms with Crippen molar-refractivity contribution in [3.05, 3.63) is 34.9 Å². The molecule has 0 bridgehead atoms. The van der Waals surface area contributed by atoms with Crippen LogP contribution in [0.2, 0.25) is 5.02 Å². The fraction of sp³-hybridized carbons (Fsp3) is 0.471. The molecule has 0 unspecified atom stereocenters. The third-order valence-electron chi connectivity index (χ3n) is 4.14. The number of ether oxygens (including phenoxy) is 1. The Labute approximate surface area is 151 Å². The van der Waals surface area contributed by atoms with Crippen LogP contribution in [0.5, 0.6) is 0 Å². The van der Waals surface area contributed by atoms with Gasteiger partial charge in [0.15, 0.2) is 0 Å². The summed E-state index contributed by atoms with van der Waals surface area (Å²) < 4.78 is 4.97. The van der Waals surface area contributed by atoms with Gasteiger partial charge >= 0.3 is 0 Å². The van der Waals surface area contributed by atoms with Gasteiger partial charge in [0, 0.05) is 36.2 Å². The monoisotopic (exact) mass is 367 g/mol. The first-order valence-electron chi connectivity index (χ1n) is 8.18. The van der Waals surface area contributed by atoms with Gasteiger partial charge in [-0.25, -0.2) is 10.9 Å². The molecule has 1 aromatic carbocycles. The molecule has 1 saturated heterocycles. The second-order valence-electron chi connectivity index (χ2n) is 5.82. The minimum atomic E-state index is -0.565. The highest BCUT2D eigenvalue weighted by atomic mass is 35.5. The van der Waals surface area contributed by atoms with Crippen LogP contribution >= 0.6 is 11.6 Å². The maximum Gasteiger partial charge on any atom is 0.269 e. The zero-order valence-electron chi connectivity index (χ0n) is 14.1. The van der Waals surface area contributed by atoms with E-state index in [-0.39, 0.29) is 18.4 Å². The van der Waals surface area contributed by atoms with Crippen molar-refractivity contribution in [2.24, 2.45) is 11.8 Å². The fourth-order valence-electron chi connectivity index (χ4n) is 2.71. The Morgan fingerprint density at radius 1 is 1.32 bits per heavy atom. The van der Waals surface area contributed by atoms with Gasteiger partial charge in [-0.05, 0) is 38.0 Å². The third-order valence-corrected chi connectivity index (χ3v) is 4.37. The minimum Gasteiger partial charge on any atom is -0.372 e. The lowest BCUT2D eigenvalue weighted by Crippen LogP contribution is -2.50. The van der Waals surface area contributed by atoms with E-state index >= 15 is 0 Å². The van der Waals surface area contributed by atoms with Crippen LogP contribution in [0.3, 0.4) is 0 Å². The molecule has 0 spiro atoms. The van der Waals surface area contributed by atoms with Crippen LogP contribution in [0.15, 0.2) is 24.3 Å². The number of imide groups is 1. The number of benzene rings is 1. The number of amides is 3. The van der Waals surface area contributed by atoms with Gasteiger partial charge in [-0.2, -0.15) is 0 Å². The number of rotatable bonds is 5. The Hall–Kier alpha value is -1.96. The van der Waals surface area contributed by atoms with E-state index in [1.807, 2.05) is 0 Å². The second kappa shape index (κ2) is 8.94. The van der Waals surface area contributed by atoms with Crippen LogP contribution < -0.4 is 5.84 Å². The highest BCUT2D eigenvalue weighted by molar-refractivity contribution is 6.30. The molecule has 1 fully saturated rings. The number of hydrazine groups is 1. The van der Waals surface area contributed by atoms with Gasteiger partial charge in [-0.3, -0.25) is 14.4 Å². The summed E-state index contributed by atoms with van der Waals surface area (Å²) in [5, 5.41) is 1.14. The fourth-order valence-corrected chi connectivity index (χ4v) is 2.90. The van der Waals surface area contributed by atoms with E-state index in [1.54, 1.807) is 36.1 Å². The van der Waals surface area contributed by atoms with Gasteiger partial charge in [0.1, 0.15) is 6.61 Å². The Morgan fingerprint density at radius 3 is 2.60 bits per heavy atom. The van der Waals surface area contributed by atoms with Crippen molar-refractivity contribution in [1.82, 2.24) is 9.91 Å². The molecule has 1 aliphatic rings. The first kappa shape index (κ1) is 19.4. The van der Waals surface area contributed by atoms with E-state index in [4.69, 9.17) is 22.2 Å². The lowest BCUT2D eigenvalue weighted by molar-refractivity contribution is -0.151. The molecule has 1 heterocycles. The number of nitrogens with zero attached hydrogens (tertiary/aromatic N) is 2. The maximum absolute atomic E-state index is 12.5. The molecule has 0 aliphatic carbocycles. The van der Waals surface area contributed by atoms with Crippen LogP contribution in [0, 0.1) is 5.92 Å². The average Bonchev–Trinajstić information content (AvgIpc) is 2.64. The smallest absolute Gasteiger partial charge is 0.269 e. The van der Waals surface area contributed by atoms with Gasteiger partial charge in [0.2, 0.25) is 5.91 Å². The molecular formula is C17H22ClN3O4. The van der Waals surface area contributed by atoms with E-state index in [9.17, 15) is 14.4 Å². The number of piperidine rings is 1. The average molecular weight is 368 g/mol. The second-order valence-corrected chi connectivity index (χ2v) is 6.25. The Balaban J connectivity index is 1.89. The highest BCUT2D eigenvalue weighted by Crippen LogP contribution is 2.21. The summed E-state index contributed by atoms with van der Waals surface area (Å²) in [7, 11) is 0. The predicted molar refractivity (Wildman–Crippen MR) is 92.6 cm³/mol. The Morgan fingerprint density at radius 2 is 2.00 bits per heavy atom. The predicted octanol–water partition coefficient (Wildman–Crippen LogP) is 1.46. The van der Waals surface area contributed by atoms with Gasteiger partial charge in [-0.1, -0.05) is 17.7 Å². The maximum atomic E-state index is 12.5. The summed E-state index contributed by atoms with van der Waals surface area (Å²) in [6.07, 6.45) is 0.918. The topological polar surface area (TPSA) is 92.9 Å². The molecule has 0 atom stereocenters.